The Bertz CT molecular complexity index is 2340. The molecule has 0 saturated heterocycles. The molecule has 0 radical (unpaired) electrons. The SMILES string of the molecule is ClCCl.[CH3][Ge]([c]1ccccc1P(c1ccccc1)c1ccccc1)([c]1ccccc1P(c1ccccc1)c1ccccc1)[c]1ccccc1P(c1ccccc1)c1ccccc1. The van der Waals surface area contributed by atoms with Gasteiger partial charge in [0.25, 0.3) is 0 Å². The fourth-order valence-corrected chi connectivity index (χ4v) is 29.4. The Morgan fingerprint density at radius 3 is 0.629 bits per heavy atom. The monoisotopic (exact) mass is 956 g/mol. The van der Waals surface area contributed by atoms with Crippen LogP contribution in [0.3, 0.4) is 0 Å². The normalized spacial score (nSPS) is 11.3. The third kappa shape index (κ3) is 9.64. The molecule has 304 valence electrons. The Hall–Kier alpha value is -4.61. The summed E-state index contributed by atoms with van der Waals surface area (Å²) < 4.78 is 4.58. The van der Waals surface area contributed by atoms with Gasteiger partial charge in [0.2, 0.25) is 0 Å². The van der Waals surface area contributed by atoms with Crippen molar-refractivity contribution in [2.24, 2.45) is 0 Å². The number of halogens is 2. The van der Waals surface area contributed by atoms with Crippen LogP contribution in [0.25, 0.3) is 0 Å². The molecule has 0 spiro atoms. The van der Waals surface area contributed by atoms with Crippen molar-refractivity contribution in [2.75, 3.05) is 5.34 Å². The molecule has 9 rings (SSSR count). The van der Waals surface area contributed by atoms with Crippen LogP contribution in [0.5, 0.6) is 0 Å². The van der Waals surface area contributed by atoms with Gasteiger partial charge in [0.05, 0.1) is 5.34 Å². The number of benzene rings is 9. The van der Waals surface area contributed by atoms with E-state index in [4.69, 9.17) is 23.2 Å². The van der Waals surface area contributed by atoms with Crippen LogP contribution < -0.4 is 60.9 Å². The van der Waals surface area contributed by atoms with Crippen molar-refractivity contribution in [2.45, 2.75) is 5.76 Å². The Kier molecular flexibility index (Phi) is 15.4. The molecule has 62 heavy (non-hydrogen) atoms. The van der Waals surface area contributed by atoms with Crippen LogP contribution >= 0.6 is 47.0 Å². The molecule has 0 N–H and O–H groups in total. The van der Waals surface area contributed by atoms with Crippen molar-refractivity contribution in [1.82, 2.24) is 0 Å². The first-order chi connectivity index (χ1) is 30.6. The van der Waals surface area contributed by atoms with E-state index in [9.17, 15) is 0 Å². The van der Waals surface area contributed by atoms with Gasteiger partial charge in [-0.05, 0) is 0 Å². The average Bonchev–Trinajstić information content (AvgIpc) is 3.34. The van der Waals surface area contributed by atoms with Gasteiger partial charge < -0.3 is 0 Å². The van der Waals surface area contributed by atoms with Crippen molar-refractivity contribution >= 4 is 121 Å². The van der Waals surface area contributed by atoms with E-state index in [1.54, 1.807) is 0 Å². The third-order valence-corrected chi connectivity index (χ3v) is 29.5. The van der Waals surface area contributed by atoms with Gasteiger partial charge in [-0.2, -0.15) is 0 Å². The van der Waals surface area contributed by atoms with Crippen molar-refractivity contribution < 1.29 is 0 Å². The van der Waals surface area contributed by atoms with Crippen molar-refractivity contribution in [3.63, 3.8) is 0 Å². The van der Waals surface area contributed by atoms with Crippen molar-refractivity contribution in [3.05, 3.63) is 255 Å². The molecular weight excluding hydrogens is 909 g/mol. The van der Waals surface area contributed by atoms with E-state index in [1.807, 2.05) is 0 Å². The van der Waals surface area contributed by atoms with E-state index < -0.39 is 37.0 Å². The molecule has 0 aliphatic rings. The van der Waals surface area contributed by atoms with Gasteiger partial charge in [-0.25, -0.2) is 0 Å². The number of hydrogen-bond acceptors (Lipinski definition) is 0. The molecule has 0 aliphatic carbocycles. The molecule has 9 aromatic carbocycles. The average molecular weight is 956 g/mol. The van der Waals surface area contributed by atoms with E-state index in [0.29, 0.717) is 0 Å². The second-order valence-electron chi connectivity index (χ2n) is 14.8. The number of alkyl halides is 2. The molecule has 0 amide bonds. The minimum absolute atomic E-state index is 0.194. The second kappa shape index (κ2) is 21.7. The summed E-state index contributed by atoms with van der Waals surface area (Å²) in [7, 11) is -2.64. The van der Waals surface area contributed by atoms with E-state index in [1.165, 1.54) is 60.9 Å². The summed E-state index contributed by atoms with van der Waals surface area (Å²) in [6.45, 7) is 0. The van der Waals surface area contributed by atoms with E-state index in [-0.39, 0.29) is 5.34 Å². The van der Waals surface area contributed by atoms with Crippen LogP contribution in [-0.4, -0.2) is 18.6 Å². The summed E-state index contributed by atoms with van der Waals surface area (Å²) in [5.74, 6) is 2.72. The number of rotatable bonds is 12. The summed E-state index contributed by atoms with van der Waals surface area (Å²) in [4.78, 5) is 0. The molecule has 9 aromatic rings. The molecule has 0 nitrogen and oxygen atoms in total. The van der Waals surface area contributed by atoms with Gasteiger partial charge in [-0.3, -0.25) is 0 Å². The Labute approximate surface area is 384 Å². The van der Waals surface area contributed by atoms with Crippen LogP contribution in [0.1, 0.15) is 0 Å². The van der Waals surface area contributed by atoms with Crippen LogP contribution in [0, 0.1) is 0 Å². The number of hydrogen-bond donors (Lipinski definition) is 0. The molecule has 6 heteroatoms. The van der Waals surface area contributed by atoms with Crippen LogP contribution in [0.2, 0.25) is 5.76 Å². The molecule has 0 fully saturated rings. The topological polar surface area (TPSA) is 0 Å². The van der Waals surface area contributed by atoms with Gasteiger partial charge in [0.1, 0.15) is 0 Å². The van der Waals surface area contributed by atoms with E-state index in [2.05, 4.69) is 261 Å². The quantitative estimate of drug-likeness (QED) is 0.0651. The van der Waals surface area contributed by atoms with Crippen LogP contribution in [-0.2, 0) is 0 Å². The molecule has 0 aromatic heterocycles. The third-order valence-electron chi connectivity index (χ3n) is 11.1. The molecular formula is C56H47Cl2GeP3. The first-order valence-electron chi connectivity index (χ1n) is 20.7. The summed E-state index contributed by atoms with van der Waals surface area (Å²) in [6.07, 6.45) is 0. The van der Waals surface area contributed by atoms with Crippen LogP contribution in [0.4, 0.5) is 0 Å². The zero-order valence-electron chi connectivity index (χ0n) is 34.6. The predicted octanol–water partition coefficient (Wildman–Crippen LogP) is 9.48. The summed E-state index contributed by atoms with van der Waals surface area (Å²) in [5.41, 5.74) is 0. The fourth-order valence-electron chi connectivity index (χ4n) is 8.45. The second-order valence-corrected chi connectivity index (χ2v) is 30.3. The van der Waals surface area contributed by atoms with Crippen LogP contribution in [0.15, 0.2) is 255 Å². The standard InChI is InChI=1S/C55H45GeP3.CH2Cl2/c1-56(50-38-20-23-41-53(50)57(44-26-8-2-9-27-44)45-28-10-3-11-29-45,51-39-21-24-42-54(51)58(46-30-12-4-13-31-46)47-32-14-5-15-33-47)52-40-22-25-43-55(52)59(48-34-16-6-17-35-48)49-36-18-7-19-37-49;2-1-3/h2-43H,1H3;1H2. The summed E-state index contributed by atoms with van der Waals surface area (Å²) in [5, 5.41) is 12.8. The molecule has 0 saturated carbocycles. The maximum atomic E-state index is 4.76. The predicted molar refractivity (Wildman–Crippen MR) is 283 cm³/mol. The molecule has 0 unspecified atom stereocenters. The zero-order chi connectivity index (χ0) is 42.6. The Morgan fingerprint density at radius 2 is 0.435 bits per heavy atom. The van der Waals surface area contributed by atoms with Crippen molar-refractivity contribution in [1.29, 1.82) is 0 Å². The summed E-state index contributed by atoms with van der Waals surface area (Å²) in [6, 6.07) is 96.2. The first-order valence-corrected chi connectivity index (χ1v) is 31.1. The summed E-state index contributed by atoms with van der Waals surface area (Å²) >= 11 is 5.75. The van der Waals surface area contributed by atoms with Crippen molar-refractivity contribution in [3.8, 4) is 0 Å². The molecule has 0 heterocycles. The minimum atomic E-state index is -3.78. The zero-order valence-corrected chi connectivity index (χ0v) is 40.8. The van der Waals surface area contributed by atoms with Gasteiger partial charge >= 0.3 is 359 Å². The Morgan fingerprint density at radius 1 is 0.274 bits per heavy atom. The maximum absolute atomic E-state index is 4.76. The fraction of sp³-hybridized carbons (Fsp3) is 0.0357. The van der Waals surface area contributed by atoms with E-state index >= 15 is 0 Å². The van der Waals surface area contributed by atoms with Gasteiger partial charge in [0, 0.05) is 0 Å². The molecule has 0 aliphatic heterocycles. The molecule has 0 bridgehead atoms. The molecule has 0 atom stereocenters. The Balaban J connectivity index is 0.00000171. The van der Waals surface area contributed by atoms with Gasteiger partial charge in [-0.15, -0.1) is 23.2 Å². The van der Waals surface area contributed by atoms with E-state index in [0.717, 1.165) is 0 Å². The van der Waals surface area contributed by atoms with Gasteiger partial charge in [-0.1, -0.05) is 0 Å². The van der Waals surface area contributed by atoms with Gasteiger partial charge in [0.15, 0.2) is 0 Å². The first kappa shape index (κ1) is 44.0.